The lowest BCUT2D eigenvalue weighted by atomic mass is 9.44. The van der Waals surface area contributed by atoms with Crippen LogP contribution in [0.2, 0.25) is 0 Å². The van der Waals surface area contributed by atoms with Crippen LogP contribution in [0.3, 0.4) is 0 Å². The zero-order valence-electron chi connectivity index (χ0n) is 17.0. The normalized spacial score (nSPS) is 26.4. The van der Waals surface area contributed by atoms with E-state index in [0.717, 1.165) is 47.6 Å². The molecule has 27 heavy (non-hydrogen) atoms. The van der Waals surface area contributed by atoms with Crippen LogP contribution >= 0.6 is 0 Å². The number of aromatic nitrogens is 2. The van der Waals surface area contributed by atoms with Crippen molar-refractivity contribution < 1.29 is 4.55 Å². The van der Waals surface area contributed by atoms with Gasteiger partial charge in [-0.3, -0.25) is 9.36 Å². The van der Waals surface area contributed by atoms with Gasteiger partial charge >= 0.3 is 0 Å². The van der Waals surface area contributed by atoms with Crippen molar-refractivity contribution in [2.24, 2.45) is 13.0 Å². The Morgan fingerprint density at radius 3 is 2.48 bits per heavy atom. The van der Waals surface area contributed by atoms with Crippen molar-refractivity contribution in [3.63, 3.8) is 0 Å². The first-order valence-electron chi connectivity index (χ1n) is 9.72. The van der Waals surface area contributed by atoms with Crippen molar-refractivity contribution in [2.75, 3.05) is 0 Å². The average Bonchev–Trinajstić information content (AvgIpc) is 2.48. The Labute approximate surface area is 163 Å². The molecule has 2 aromatic rings. The van der Waals surface area contributed by atoms with Gasteiger partial charge in [-0.05, 0) is 71.4 Å². The van der Waals surface area contributed by atoms with E-state index in [1.165, 1.54) is 0 Å². The molecular weight excluding hydrogens is 358 g/mol. The summed E-state index contributed by atoms with van der Waals surface area (Å²) in [6.07, 6.45) is 3.46. The van der Waals surface area contributed by atoms with Gasteiger partial charge in [-0.2, -0.15) is 0 Å². The molecular formula is C21H29N3O2S. The van der Waals surface area contributed by atoms with Gasteiger partial charge in [0.1, 0.15) is 10.6 Å². The number of hydrogen-bond donors (Lipinski definition) is 1. The zero-order chi connectivity index (χ0) is 19.7. The van der Waals surface area contributed by atoms with Crippen molar-refractivity contribution in [3.8, 4) is 0 Å². The van der Waals surface area contributed by atoms with Gasteiger partial charge in [-0.25, -0.2) is 4.98 Å². The Hall–Kier alpha value is -1.37. The molecule has 2 unspecified atom stereocenters. The molecule has 0 saturated heterocycles. The first-order chi connectivity index (χ1) is 12.5. The third kappa shape index (κ3) is 2.93. The third-order valence-electron chi connectivity index (χ3n) is 6.17. The molecule has 2 atom stereocenters. The number of rotatable bonds is 4. The number of aryl methyl sites for hydroxylation is 1. The monoisotopic (exact) mass is 387 g/mol. The molecule has 5 nitrogen and oxygen atoms in total. The minimum absolute atomic E-state index is 0.0221. The van der Waals surface area contributed by atoms with Gasteiger partial charge in [0.05, 0.1) is 16.9 Å². The molecule has 5 rings (SSSR count). The SMILES string of the molecule is Cc1cc(C(C)N[S+]([O-])C(C)(C)C)c2nc(C34CC(C3)C4)n(C)c(=O)c2c1. The maximum atomic E-state index is 13.1. The van der Waals surface area contributed by atoms with Gasteiger partial charge in [0.25, 0.3) is 5.56 Å². The standard InChI is InChI=1S/C21H29N3O2S/c1-12-7-15(13(2)23-27(26)20(3,4)5)17-16(8-12)18(25)24(6)19(22-17)21-9-14(10-21)11-21/h7-8,13-14,23H,9-11H2,1-6H3. The fraction of sp³-hybridized carbons (Fsp3) is 0.619. The van der Waals surface area contributed by atoms with Gasteiger partial charge in [0.15, 0.2) is 0 Å². The first kappa shape index (κ1) is 19.0. The summed E-state index contributed by atoms with van der Waals surface area (Å²) >= 11 is -1.19. The summed E-state index contributed by atoms with van der Waals surface area (Å²) in [5.74, 6) is 1.75. The highest BCUT2D eigenvalue weighted by Crippen LogP contribution is 2.64. The topological polar surface area (TPSA) is 70.0 Å². The molecule has 1 N–H and O–H groups in total. The van der Waals surface area contributed by atoms with Crippen LogP contribution in [0.25, 0.3) is 10.9 Å². The predicted octanol–water partition coefficient (Wildman–Crippen LogP) is 3.41. The van der Waals surface area contributed by atoms with Crippen LogP contribution in [0.1, 0.15) is 70.0 Å². The van der Waals surface area contributed by atoms with Gasteiger partial charge in [0.2, 0.25) is 0 Å². The van der Waals surface area contributed by atoms with Gasteiger partial charge < -0.3 is 4.55 Å². The second-order valence-electron chi connectivity index (χ2n) is 9.53. The minimum atomic E-state index is -1.19. The lowest BCUT2D eigenvalue weighted by Crippen LogP contribution is -2.57. The van der Waals surface area contributed by atoms with Crippen molar-refractivity contribution in [2.45, 2.75) is 70.1 Å². The highest BCUT2D eigenvalue weighted by atomic mass is 32.2. The number of benzene rings is 1. The predicted molar refractivity (Wildman–Crippen MR) is 110 cm³/mol. The molecule has 6 heteroatoms. The maximum Gasteiger partial charge on any atom is 0.261 e. The summed E-state index contributed by atoms with van der Waals surface area (Å²) in [4.78, 5) is 18.1. The minimum Gasteiger partial charge on any atom is -0.598 e. The summed E-state index contributed by atoms with van der Waals surface area (Å²) < 4.78 is 17.2. The molecule has 0 aliphatic heterocycles. The van der Waals surface area contributed by atoms with Crippen molar-refractivity contribution in [1.29, 1.82) is 0 Å². The Morgan fingerprint density at radius 2 is 1.96 bits per heavy atom. The Kier molecular flexibility index (Phi) is 4.26. The van der Waals surface area contributed by atoms with Crippen molar-refractivity contribution >= 4 is 22.3 Å². The lowest BCUT2D eigenvalue weighted by Gasteiger charge is -2.61. The summed E-state index contributed by atoms with van der Waals surface area (Å²) in [5.41, 5.74) is 2.86. The van der Waals surface area contributed by atoms with Crippen LogP contribution in [0.4, 0.5) is 0 Å². The summed E-state index contributed by atoms with van der Waals surface area (Å²) in [6, 6.07) is 3.83. The molecule has 3 saturated carbocycles. The lowest BCUT2D eigenvalue weighted by molar-refractivity contribution is -0.0373. The van der Waals surface area contributed by atoms with E-state index in [1.807, 2.05) is 47.7 Å². The molecule has 2 bridgehead atoms. The molecule has 3 fully saturated rings. The second-order valence-corrected chi connectivity index (χ2v) is 11.5. The summed E-state index contributed by atoms with van der Waals surface area (Å²) in [6.45, 7) is 9.84. The second kappa shape index (κ2) is 6.06. The number of nitrogens with zero attached hydrogens (tertiary/aromatic N) is 2. The van der Waals surface area contributed by atoms with Gasteiger partial charge in [-0.1, -0.05) is 6.07 Å². The summed E-state index contributed by atoms with van der Waals surface area (Å²) in [7, 11) is 1.85. The van der Waals surface area contributed by atoms with E-state index in [0.29, 0.717) is 5.39 Å². The van der Waals surface area contributed by atoms with Crippen LogP contribution < -0.4 is 10.3 Å². The van der Waals surface area contributed by atoms with Crippen LogP contribution in [-0.4, -0.2) is 18.9 Å². The molecule has 0 amide bonds. The molecule has 0 spiro atoms. The van der Waals surface area contributed by atoms with E-state index >= 15 is 0 Å². The van der Waals surface area contributed by atoms with Crippen LogP contribution in [0.5, 0.6) is 0 Å². The molecule has 1 aromatic heterocycles. The van der Waals surface area contributed by atoms with Crippen molar-refractivity contribution in [3.05, 3.63) is 39.4 Å². The van der Waals surface area contributed by atoms with E-state index in [4.69, 9.17) is 4.98 Å². The molecule has 1 heterocycles. The van der Waals surface area contributed by atoms with E-state index in [9.17, 15) is 9.35 Å². The van der Waals surface area contributed by atoms with Crippen molar-refractivity contribution in [1.82, 2.24) is 14.3 Å². The number of nitrogens with one attached hydrogen (secondary N) is 1. The van der Waals surface area contributed by atoms with E-state index < -0.39 is 11.4 Å². The Morgan fingerprint density at radius 1 is 1.33 bits per heavy atom. The molecule has 0 radical (unpaired) electrons. The van der Waals surface area contributed by atoms with Crippen LogP contribution in [0, 0.1) is 12.8 Å². The quantitative estimate of drug-likeness (QED) is 0.816. The van der Waals surface area contributed by atoms with E-state index in [1.54, 1.807) is 4.57 Å². The van der Waals surface area contributed by atoms with E-state index in [2.05, 4.69) is 10.8 Å². The van der Waals surface area contributed by atoms with E-state index in [-0.39, 0.29) is 21.8 Å². The molecule has 3 aliphatic carbocycles. The Balaban J connectivity index is 1.84. The maximum absolute atomic E-state index is 13.1. The largest absolute Gasteiger partial charge is 0.598 e. The van der Waals surface area contributed by atoms with Crippen LogP contribution in [0.15, 0.2) is 16.9 Å². The molecule has 146 valence electrons. The average molecular weight is 388 g/mol. The molecule has 1 aromatic carbocycles. The van der Waals surface area contributed by atoms with Gasteiger partial charge in [-0.15, -0.1) is 4.72 Å². The number of hydrogen-bond acceptors (Lipinski definition) is 4. The Bertz CT molecular complexity index is 959. The first-order valence-corrected chi connectivity index (χ1v) is 10.9. The fourth-order valence-corrected chi connectivity index (χ4v) is 5.31. The summed E-state index contributed by atoms with van der Waals surface area (Å²) in [5, 5.41) is 0.651. The smallest absolute Gasteiger partial charge is 0.261 e. The highest BCUT2D eigenvalue weighted by molar-refractivity contribution is 7.90. The molecule has 3 aliphatic rings. The van der Waals surface area contributed by atoms with Gasteiger partial charge in [0, 0.05) is 29.4 Å². The van der Waals surface area contributed by atoms with Crippen LogP contribution in [-0.2, 0) is 23.8 Å². The highest BCUT2D eigenvalue weighted by Gasteiger charge is 2.59. The number of fused-ring (bicyclic) bond motifs is 1. The third-order valence-corrected chi connectivity index (χ3v) is 7.85. The fourth-order valence-electron chi connectivity index (χ4n) is 4.51. The zero-order valence-corrected chi connectivity index (χ0v) is 17.9.